The Labute approximate surface area is 140 Å². The summed E-state index contributed by atoms with van der Waals surface area (Å²) in [5, 5.41) is 9.97. The number of fused-ring (bicyclic) bond motifs is 1. The highest BCUT2D eigenvalue weighted by atomic mass is 35.5. The van der Waals surface area contributed by atoms with E-state index in [4.69, 9.17) is 16.7 Å². The molecule has 1 aliphatic rings. The van der Waals surface area contributed by atoms with Gasteiger partial charge in [-0.1, -0.05) is 11.6 Å². The van der Waals surface area contributed by atoms with E-state index in [0.717, 1.165) is 36.6 Å². The molecule has 2 aromatic heterocycles. The van der Waals surface area contributed by atoms with Crippen molar-refractivity contribution in [3.8, 4) is 0 Å². The first-order valence-corrected chi connectivity index (χ1v) is 7.93. The van der Waals surface area contributed by atoms with Crippen molar-refractivity contribution in [3.05, 3.63) is 23.7 Å². The lowest BCUT2D eigenvalue weighted by Crippen LogP contribution is -2.20. The third kappa shape index (κ3) is 4.50. The molecule has 1 saturated carbocycles. The molecular formula is C16H22ClN3O3. The smallest absolute Gasteiger partial charge is 0.159 e. The molecule has 0 unspecified atom stereocenters. The molecule has 1 aliphatic carbocycles. The van der Waals surface area contributed by atoms with Gasteiger partial charge in [-0.15, -0.1) is 0 Å². The number of hydrogen-bond acceptors (Lipinski definition) is 5. The number of aliphatic hydroxyl groups is 1. The first-order valence-electron chi connectivity index (χ1n) is 7.55. The lowest BCUT2D eigenvalue weighted by atomic mass is 10.1. The monoisotopic (exact) mass is 339 g/mol. The van der Waals surface area contributed by atoms with E-state index in [1.807, 2.05) is 12.3 Å². The second-order valence-corrected chi connectivity index (χ2v) is 6.50. The highest BCUT2D eigenvalue weighted by molar-refractivity contribution is 6.33. The van der Waals surface area contributed by atoms with Gasteiger partial charge in [0.25, 0.3) is 0 Å². The van der Waals surface area contributed by atoms with Crippen molar-refractivity contribution in [3.63, 3.8) is 0 Å². The van der Waals surface area contributed by atoms with Crippen LogP contribution in [0.2, 0.25) is 5.15 Å². The van der Waals surface area contributed by atoms with Crippen LogP contribution in [0.4, 0.5) is 0 Å². The SMILES string of the molecule is COC(C)(C)O.O=C[C@@H]1CC[C@H](n2ccc3c(Cl)ncnc32)C1. The Morgan fingerprint density at radius 1 is 1.43 bits per heavy atom. The van der Waals surface area contributed by atoms with Crippen LogP contribution in [0.1, 0.15) is 39.2 Å². The molecule has 1 fully saturated rings. The van der Waals surface area contributed by atoms with Crippen molar-refractivity contribution < 1.29 is 14.6 Å². The Hall–Kier alpha value is -1.50. The number of aromatic nitrogens is 3. The summed E-state index contributed by atoms with van der Waals surface area (Å²) >= 11 is 6.01. The van der Waals surface area contributed by atoms with Crippen LogP contribution in [0.25, 0.3) is 11.0 Å². The molecule has 0 spiro atoms. The van der Waals surface area contributed by atoms with Crippen molar-refractivity contribution in [2.45, 2.75) is 44.9 Å². The van der Waals surface area contributed by atoms with Crippen LogP contribution in [0, 0.1) is 5.92 Å². The van der Waals surface area contributed by atoms with Gasteiger partial charge < -0.3 is 19.2 Å². The Morgan fingerprint density at radius 2 is 2.13 bits per heavy atom. The van der Waals surface area contributed by atoms with E-state index in [1.165, 1.54) is 13.4 Å². The standard InChI is InChI=1S/C12H12ClN3O.C4H10O2/c13-11-10-3-4-16(12(10)15-7-14-11)9-2-1-8(5-9)6-17;1-4(2,5)6-3/h3-4,6-9H,1-2,5H2;5H,1-3H3/t8-,9+;/m1./s1. The fourth-order valence-electron chi connectivity index (χ4n) is 2.60. The van der Waals surface area contributed by atoms with Gasteiger partial charge in [-0.3, -0.25) is 0 Å². The molecule has 0 amide bonds. The molecule has 0 radical (unpaired) electrons. The summed E-state index contributed by atoms with van der Waals surface area (Å²) in [5.41, 5.74) is 0.863. The predicted octanol–water partition coefficient (Wildman–Crippen LogP) is 2.99. The van der Waals surface area contributed by atoms with E-state index in [1.54, 1.807) is 13.8 Å². The molecule has 0 aromatic carbocycles. The fraction of sp³-hybridized carbons (Fsp3) is 0.562. The number of ether oxygens (including phenoxy) is 1. The maximum absolute atomic E-state index is 10.8. The molecular weight excluding hydrogens is 318 g/mol. The van der Waals surface area contributed by atoms with E-state index < -0.39 is 5.79 Å². The van der Waals surface area contributed by atoms with E-state index in [9.17, 15) is 4.79 Å². The maximum Gasteiger partial charge on any atom is 0.159 e. The molecule has 2 atom stereocenters. The van der Waals surface area contributed by atoms with Gasteiger partial charge >= 0.3 is 0 Å². The number of nitrogens with zero attached hydrogens (tertiary/aromatic N) is 3. The lowest BCUT2D eigenvalue weighted by Gasteiger charge is -2.12. The molecule has 7 heteroatoms. The minimum atomic E-state index is -0.958. The Morgan fingerprint density at radius 3 is 2.70 bits per heavy atom. The minimum absolute atomic E-state index is 0.190. The van der Waals surface area contributed by atoms with Crippen LogP contribution in [0.5, 0.6) is 0 Å². The van der Waals surface area contributed by atoms with Gasteiger partial charge in [0.2, 0.25) is 0 Å². The third-order valence-electron chi connectivity index (χ3n) is 3.99. The quantitative estimate of drug-likeness (QED) is 0.528. The van der Waals surface area contributed by atoms with Crippen LogP contribution < -0.4 is 0 Å². The summed E-state index contributed by atoms with van der Waals surface area (Å²) in [6, 6.07) is 2.29. The third-order valence-corrected chi connectivity index (χ3v) is 4.29. The van der Waals surface area contributed by atoms with Crippen LogP contribution in [-0.4, -0.2) is 38.8 Å². The topological polar surface area (TPSA) is 77.2 Å². The molecule has 2 aromatic rings. The van der Waals surface area contributed by atoms with Gasteiger partial charge in [0.05, 0.1) is 5.39 Å². The summed E-state index contributed by atoms with van der Waals surface area (Å²) < 4.78 is 6.61. The van der Waals surface area contributed by atoms with Crippen molar-refractivity contribution in [1.29, 1.82) is 0 Å². The highest BCUT2D eigenvalue weighted by Crippen LogP contribution is 2.35. The molecule has 1 N–H and O–H groups in total. The Bertz CT molecular complexity index is 666. The minimum Gasteiger partial charge on any atom is -0.366 e. The number of carbonyl (C=O) groups is 1. The van der Waals surface area contributed by atoms with Gasteiger partial charge in [-0.25, -0.2) is 9.97 Å². The van der Waals surface area contributed by atoms with Gasteiger partial charge in [0.1, 0.15) is 23.4 Å². The maximum atomic E-state index is 10.8. The van der Waals surface area contributed by atoms with Gasteiger partial charge in [-0.05, 0) is 39.2 Å². The molecule has 2 heterocycles. The average Bonchev–Trinajstić information content (AvgIpc) is 3.13. The van der Waals surface area contributed by atoms with Crippen molar-refractivity contribution >= 4 is 28.9 Å². The number of methoxy groups -OCH3 is 1. The van der Waals surface area contributed by atoms with Crippen LogP contribution in [0.3, 0.4) is 0 Å². The normalized spacial score (nSPS) is 21.1. The zero-order chi connectivity index (χ0) is 17.0. The van der Waals surface area contributed by atoms with E-state index >= 15 is 0 Å². The lowest BCUT2D eigenvalue weighted by molar-refractivity contribution is -0.155. The van der Waals surface area contributed by atoms with E-state index in [0.29, 0.717) is 11.2 Å². The van der Waals surface area contributed by atoms with E-state index in [-0.39, 0.29) is 5.92 Å². The van der Waals surface area contributed by atoms with Crippen LogP contribution in [0.15, 0.2) is 18.6 Å². The van der Waals surface area contributed by atoms with Gasteiger partial charge in [-0.2, -0.15) is 0 Å². The number of aldehydes is 1. The number of carbonyl (C=O) groups excluding carboxylic acids is 1. The largest absolute Gasteiger partial charge is 0.366 e. The Balaban J connectivity index is 0.000000277. The first-order chi connectivity index (χ1) is 10.9. The fourth-order valence-corrected chi connectivity index (χ4v) is 2.79. The molecule has 23 heavy (non-hydrogen) atoms. The zero-order valence-corrected chi connectivity index (χ0v) is 14.3. The molecule has 3 rings (SSSR count). The Kier molecular flexibility index (Phi) is 5.73. The summed E-state index contributed by atoms with van der Waals surface area (Å²) in [7, 11) is 1.46. The number of halogens is 1. The second kappa shape index (κ2) is 7.38. The summed E-state index contributed by atoms with van der Waals surface area (Å²) in [4.78, 5) is 19.0. The number of rotatable bonds is 3. The van der Waals surface area contributed by atoms with Gasteiger partial charge in [0.15, 0.2) is 5.79 Å². The van der Waals surface area contributed by atoms with E-state index in [2.05, 4.69) is 19.3 Å². The van der Waals surface area contributed by atoms with Crippen LogP contribution >= 0.6 is 11.6 Å². The summed E-state index contributed by atoms with van der Waals surface area (Å²) in [6.45, 7) is 3.15. The second-order valence-electron chi connectivity index (χ2n) is 6.14. The molecule has 0 saturated heterocycles. The van der Waals surface area contributed by atoms with Crippen molar-refractivity contribution in [2.24, 2.45) is 5.92 Å². The van der Waals surface area contributed by atoms with Crippen molar-refractivity contribution in [1.82, 2.24) is 14.5 Å². The molecule has 0 bridgehead atoms. The predicted molar refractivity (Wildman–Crippen MR) is 88.3 cm³/mol. The average molecular weight is 340 g/mol. The van der Waals surface area contributed by atoms with Crippen molar-refractivity contribution in [2.75, 3.05) is 7.11 Å². The van der Waals surface area contributed by atoms with Crippen LogP contribution in [-0.2, 0) is 9.53 Å². The zero-order valence-electron chi connectivity index (χ0n) is 13.6. The van der Waals surface area contributed by atoms with Gasteiger partial charge in [0, 0.05) is 25.3 Å². The molecule has 126 valence electrons. The summed E-state index contributed by atoms with van der Waals surface area (Å²) in [6.07, 6.45) is 7.42. The first kappa shape index (κ1) is 17.8. The summed E-state index contributed by atoms with van der Waals surface area (Å²) in [5.74, 6) is -0.769. The molecule has 0 aliphatic heterocycles. The number of hydrogen-bond donors (Lipinski definition) is 1. The highest BCUT2D eigenvalue weighted by Gasteiger charge is 2.26. The molecule has 6 nitrogen and oxygen atoms in total.